The Morgan fingerprint density at radius 2 is 1.97 bits per heavy atom. The van der Waals surface area contributed by atoms with Crippen molar-refractivity contribution in [3.8, 4) is 0 Å². The molecule has 1 heterocycles. The Labute approximate surface area is 199 Å². The molecule has 3 amide bonds. The number of benzene rings is 2. The molecule has 172 valence electrons. The maximum atomic E-state index is 13.7. The van der Waals surface area contributed by atoms with Crippen molar-refractivity contribution < 1.29 is 23.5 Å². The largest absolute Gasteiger partial charge is 0.427 e. The Balaban J connectivity index is 1.47. The number of ether oxygens (including phenoxy) is 1. The van der Waals surface area contributed by atoms with E-state index in [0.29, 0.717) is 29.9 Å². The number of fused-ring (bicyclic) bond motifs is 2. The summed E-state index contributed by atoms with van der Waals surface area (Å²) in [5.41, 5.74) is 0.845. The molecule has 0 aromatic heterocycles. The second kappa shape index (κ2) is 8.24. The highest BCUT2D eigenvalue weighted by atomic mass is 79.9. The van der Waals surface area contributed by atoms with Gasteiger partial charge < -0.3 is 10.1 Å². The quantitative estimate of drug-likeness (QED) is 0.625. The lowest BCUT2D eigenvalue weighted by atomic mass is 9.94. The highest BCUT2D eigenvalue weighted by Crippen LogP contribution is 2.46. The number of aryl methyl sites for hydroxylation is 1. The van der Waals surface area contributed by atoms with E-state index in [1.807, 2.05) is 19.1 Å². The molecule has 1 aliphatic heterocycles. The lowest BCUT2D eigenvalue weighted by Gasteiger charge is -2.26. The minimum absolute atomic E-state index is 0.0551. The molecule has 5 rings (SSSR count). The first-order valence-corrected chi connectivity index (χ1v) is 12.0. The van der Waals surface area contributed by atoms with Gasteiger partial charge in [0.15, 0.2) is 0 Å². The van der Waals surface area contributed by atoms with E-state index in [0.717, 1.165) is 27.8 Å². The van der Waals surface area contributed by atoms with Crippen molar-refractivity contribution in [1.29, 1.82) is 0 Å². The van der Waals surface area contributed by atoms with Gasteiger partial charge in [0.1, 0.15) is 11.9 Å². The van der Waals surface area contributed by atoms with Crippen LogP contribution in [-0.2, 0) is 32.8 Å². The fourth-order valence-corrected chi connectivity index (χ4v) is 5.31. The van der Waals surface area contributed by atoms with Crippen molar-refractivity contribution in [3.05, 3.63) is 69.4 Å². The standard InChI is InChI=1S/C25H24BrFN2O4/c1-14(16-4-5-16)28-22(30)21(12-15-2-7-19(27)8-3-15)29-23(31)25(33-24(29)32)11-10-17-13-18(26)6-9-20(17)25/h2-3,6-9,13-14,16,21H,4-5,10-12H2,1H3,(H,28,30). The van der Waals surface area contributed by atoms with Crippen LogP contribution >= 0.6 is 15.9 Å². The number of carbonyl (C=O) groups is 3. The van der Waals surface area contributed by atoms with E-state index in [-0.39, 0.29) is 12.5 Å². The second-order valence-electron chi connectivity index (χ2n) is 9.15. The van der Waals surface area contributed by atoms with E-state index < -0.39 is 35.4 Å². The van der Waals surface area contributed by atoms with Gasteiger partial charge in [-0.3, -0.25) is 9.59 Å². The van der Waals surface area contributed by atoms with Crippen LogP contribution in [0, 0.1) is 11.7 Å². The molecule has 2 aromatic carbocycles. The lowest BCUT2D eigenvalue weighted by molar-refractivity contribution is -0.142. The van der Waals surface area contributed by atoms with Crippen LogP contribution in [0.2, 0.25) is 0 Å². The molecular formula is C25H24BrFN2O4. The van der Waals surface area contributed by atoms with Gasteiger partial charge in [-0.1, -0.05) is 34.1 Å². The predicted octanol–water partition coefficient (Wildman–Crippen LogP) is 4.23. The third kappa shape index (κ3) is 3.94. The van der Waals surface area contributed by atoms with Gasteiger partial charge in [0.2, 0.25) is 11.5 Å². The monoisotopic (exact) mass is 514 g/mol. The Morgan fingerprint density at radius 1 is 1.24 bits per heavy atom. The Bertz CT molecular complexity index is 1130. The van der Waals surface area contributed by atoms with E-state index in [1.165, 1.54) is 12.1 Å². The van der Waals surface area contributed by atoms with Crippen LogP contribution in [0.3, 0.4) is 0 Å². The van der Waals surface area contributed by atoms with Crippen LogP contribution in [0.4, 0.5) is 9.18 Å². The molecule has 1 saturated heterocycles. The zero-order chi connectivity index (χ0) is 23.3. The van der Waals surface area contributed by atoms with Gasteiger partial charge >= 0.3 is 6.09 Å². The molecule has 6 nitrogen and oxygen atoms in total. The van der Waals surface area contributed by atoms with Crippen LogP contribution in [0.15, 0.2) is 46.9 Å². The molecule has 1 saturated carbocycles. The van der Waals surface area contributed by atoms with Gasteiger partial charge in [-0.15, -0.1) is 0 Å². The number of halogens is 2. The fraction of sp³-hybridized carbons (Fsp3) is 0.400. The summed E-state index contributed by atoms with van der Waals surface area (Å²) in [5, 5.41) is 2.98. The summed E-state index contributed by atoms with van der Waals surface area (Å²) < 4.78 is 20.0. The number of nitrogens with one attached hydrogen (secondary N) is 1. The summed E-state index contributed by atoms with van der Waals surface area (Å²) in [6.07, 6.45) is 2.28. The topological polar surface area (TPSA) is 75.7 Å². The van der Waals surface area contributed by atoms with Crippen LogP contribution in [0.1, 0.15) is 42.9 Å². The first-order chi connectivity index (χ1) is 15.8. The Morgan fingerprint density at radius 3 is 2.67 bits per heavy atom. The van der Waals surface area contributed by atoms with Crippen molar-refractivity contribution in [1.82, 2.24) is 10.2 Å². The predicted molar refractivity (Wildman–Crippen MR) is 122 cm³/mol. The van der Waals surface area contributed by atoms with E-state index in [2.05, 4.69) is 21.2 Å². The van der Waals surface area contributed by atoms with Gasteiger partial charge in [-0.05, 0) is 67.5 Å². The first kappa shape index (κ1) is 22.1. The van der Waals surface area contributed by atoms with Crippen LogP contribution in [-0.4, -0.2) is 34.9 Å². The van der Waals surface area contributed by atoms with Crippen molar-refractivity contribution >= 4 is 33.8 Å². The molecule has 3 atom stereocenters. The number of amides is 3. The molecule has 2 fully saturated rings. The maximum absolute atomic E-state index is 13.7. The number of hydrogen-bond acceptors (Lipinski definition) is 4. The molecular weight excluding hydrogens is 491 g/mol. The van der Waals surface area contributed by atoms with E-state index in [9.17, 15) is 18.8 Å². The van der Waals surface area contributed by atoms with Gasteiger partial charge in [0.05, 0.1) is 0 Å². The maximum Gasteiger partial charge on any atom is 0.418 e. The van der Waals surface area contributed by atoms with Crippen molar-refractivity contribution in [3.63, 3.8) is 0 Å². The van der Waals surface area contributed by atoms with Gasteiger partial charge in [0, 0.05) is 28.9 Å². The van der Waals surface area contributed by atoms with E-state index >= 15 is 0 Å². The average Bonchev–Trinajstić information content (AvgIpc) is 3.53. The molecule has 3 aliphatic rings. The summed E-state index contributed by atoms with van der Waals surface area (Å²) in [6.45, 7) is 1.93. The van der Waals surface area contributed by atoms with Crippen LogP contribution < -0.4 is 5.32 Å². The van der Waals surface area contributed by atoms with Gasteiger partial charge in [-0.2, -0.15) is 0 Å². The zero-order valence-electron chi connectivity index (χ0n) is 18.1. The molecule has 2 aliphatic carbocycles. The van der Waals surface area contributed by atoms with Gasteiger partial charge in [-0.25, -0.2) is 14.1 Å². The summed E-state index contributed by atoms with van der Waals surface area (Å²) in [7, 11) is 0. The van der Waals surface area contributed by atoms with Crippen molar-refractivity contribution in [2.75, 3.05) is 0 Å². The second-order valence-corrected chi connectivity index (χ2v) is 10.1. The van der Waals surface area contributed by atoms with Gasteiger partial charge in [0.25, 0.3) is 5.91 Å². The molecule has 1 spiro atoms. The molecule has 1 N–H and O–H groups in total. The normalized spacial score (nSPS) is 23.4. The smallest absolute Gasteiger partial charge is 0.418 e. The van der Waals surface area contributed by atoms with Crippen LogP contribution in [0.5, 0.6) is 0 Å². The molecule has 2 aromatic rings. The highest BCUT2D eigenvalue weighted by Gasteiger charge is 2.60. The number of imide groups is 1. The molecule has 3 unspecified atom stereocenters. The van der Waals surface area contributed by atoms with Crippen molar-refractivity contribution in [2.24, 2.45) is 5.92 Å². The minimum Gasteiger partial charge on any atom is -0.427 e. The number of rotatable bonds is 6. The van der Waals surface area contributed by atoms with Crippen molar-refractivity contribution in [2.45, 2.75) is 56.7 Å². The molecule has 33 heavy (non-hydrogen) atoms. The van der Waals surface area contributed by atoms with E-state index in [4.69, 9.17) is 4.74 Å². The number of hydrogen-bond donors (Lipinski definition) is 1. The molecule has 0 bridgehead atoms. The fourth-order valence-electron chi connectivity index (χ4n) is 4.90. The lowest BCUT2D eigenvalue weighted by Crippen LogP contribution is -2.53. The number of nitrogens with zero attached hydrogens (tertiary/aromatic N) is 1. The average molecular weight is 515 g/mol. The third-order valence-corrected chi connectivity index (χ3v) is 7.42. The highest BCUT2D eigenvalue weighted by molar-refractivity contribution is 9.10. The number of carbonyl (C=O) groups excluding carboxylic acids is 3. The summed E-state index contributed by atoms with van der Waals surface area (Å²) >= 11 is 3.44. The minimum atomic E-state index is -1.41. The Hall–Kier alpha value is -2.74. The third-order valence-electron chi connectivity index (χ3n) is 6.93. The Kier molecular flexibility index (Phi) is 5.51. The molecule has 0 radical (unpaired) electrons. The summed E-state index contributed by atoms with van der Waals surface area (Å²) in [5.74, 6) is -0.912. The SMILES string of the molecule is CC(NC(=O)C(Cc1ccc(F)cc1)N1C(=O)OC2(CCc3cc(Br)ccc32)C1=O)C1CC1. The summed E-state index contributed by atoms with van der Waals surface area (Å²) in [4.78, 5) is 41.1. The first-order valence-electron chi connectivity index (χ1n) is 11.2. The van der Waals surface area contributed by atoms with Crippen LogP contribution in [0.25, 0.3) is 0 Å². The molecule has 8 heteroatoms. The van der Waals surface area contributed by atoms with E-state index in [1.54, 1.807) is 18.2 Å². The zero-order valence-corrected chi connectivity index (χ0v) is 19.7. The summed E-state index contributed by atoms with van der Waals surface area (Å²) in [6, 6.07) is 10.1.